The number of carbonyl (C=O) groups excluding carboxylic acids is 1. The zero-order valence-corrected chi connectivity index (χ0v) is 13.1. The van der Waals surface area contributed by atoms with Crippen molar-refractivity contribution in [3.8, 4) is 5.69 Å². The molecule has 1 aromatic heterocycles. The van der Waals surface area contributed by atoms with Crippen molar-refractivity contribution in [1.82, 2.24) is 15.1 Å². The zero-order valence-electron chi connectivity index (χ0n) is 12.2. The van der Waals surface area contributed by atoms with Crippen LogP contribution in [-0.2, 0) is 0 Å². The number of nitrogens with zero attached hydrogens (tertiary/aromatic N) is 2. The number of hydrogen-bond donors (Lipinski definition) is 2. The number of aromatic nitrogens is 2. The number of nitrogens with one attached hydrogen (secondary N) is 1. The maximum atomic E-state index is 12.1. The van der Waals surface area contributed by atoms with Crippen molar-refractivity contribution in [2.45, 2.75) is 19.9 Å². The van der Waals surface area contributed by atoms with Crippen LogP contribution in [0.4, 0.5) is 5.69 Å². The molecule has 112 valence electrons. The van der Waals surface area contributed by atoms with Gasteiger partial charge in [-0.2, -0.15) is 16.9 Å². The molecule has 3 N–H and O–H groups in total. The van der Waals surface area contributed by atoms with Gasteiger partial charge in [-0.3, -0.25) is 4.79 Å². The van der Waals surface area contributed by atoms with E-state index in [0.29, 0.717) is 11.4 Å². The van der Waals surface area contributed by atoms with E-state index < -0.39 is 0 Å². The van der Waals surface area contributed by atoms with Crippen molar-refractivity contribution in [3.05, 3.63) is 42.2 Å². The smallest absolute Gasteiger partial charge is 0.272 e. The van der Waals surface area contributed by atoms with Crippen molar-refractivity contribution >= 4 is 23.4 Å². The summed E-state index contributed by atoms with van der Waals surface area (Å²) in [5, 5.41) is 7.25. The Labute approximate surface area is 128 Å². The first-order valence-electron chi connectivity index (χ1n) is 6.90. The number of hydrogen-bond acceptors (Lipinski definition) is 4. The minimum absolute atomic E-state index is 0.129. The van der Waals surface area contributed by atoms with Gasteiger partial charge in [0.2, 0.25) is 0 Å². The lowest BCUT2D eigenvalue weighted by Crippen LogP contribution is -2.34. The molecule has 1 heterocycles. The van der Waals surface area contributed by atoms with E-state index in [0.717, 1.165) is 17.2 Å². The molecule has 2 rings (SSSR count). The predicted molar refractivity (Wildman–Crippen MR) is 87.9 cm³/mol. The highest BCUT2D eigenvalue weighted by Gasteiger charge is 2.12. The standard InChI is InChI=1S/C15H20N4OS/c1-3-21-10-11(2)17-15(20)14-8-9-19(18-14)13-6-4-12(16)5-7-13/h4-9,11H,3,10,16H2,1-2H3,(H,17,20). The molecule has 2 aromatic rings. The van der Waals surface area contributed by atoms with Crippen LogP contribution in [0.3, 0.4) is 0 Å². The summed E-state index contributed by atoms with van der Waals surface area (Å²) in [5.41, 5.74) is 7.65. The summed E-state index contributed by atoms with van der Waals surface area (Å²) < 4.78 is 1.67. The molecular formula is C15H20N4OS. The fourth-order valence-corrected chi connectivity index (χ4v) is 2.52. The number of nitrogens with two attached hydrogens (primary N) is 1. The van der Waals surface area contributed by atoms with E-state index in [9.17, 15) is 4.79 Å². The number of nitrogen functional groups attached to an aromatic ring is 1. The molecule has 6 heteroatoms. The Kier molecular flexibility index (Phi) is 5.27. The third kappa shape index (κ3) is 4.26. The topological polar surface area (TPSA) is 72.9 Å². The lowest BCUT2D eigenvalue weighted by atomic mass is 10.3. The summed E-state index contributed by atoms with van der Waals surface area (Å²) in [6, 6.07) is 9.19. The largest absolute Gasteiger partial charge is 0.399 e. The fraction of sp³-hybridized carbons (Fsp3) is 0.333. The number of anilines is 1. The van der Waals surface area contributed by atoms with Gasteiger partial charge in [-0.05, 0) is 43.0 Å². The van der Waals surface area contributed by atoms with Crippen molar-refractivity contribution in [1.29, 1.82) is 0 Å². The summed E-state index contributed by atoms with van der Waals surface area (Å²) in [6.07, 6.45) is 1.77. The van der Waals surface area contributed by atoms with Crippen LogP contribution in [0.5, 0.6) is 0 Å². The lowest BCUT2D eigenvalue weighted by Gasteiger charge is -2.11. The first-order chi connectivity index (χ1) is 10.1. The fourth-order valence-electron chi connectivity index (χ4n) is 1.85. The van der Waals surface area contributed by atoms with Gasteiger partial charge in [0, 0.05) is 23.7 Å². The molecule has 1 atom stereocenters. The molecule has 0 bridgehead atoms. The number of rotatable bonds is 6. The Morgan fingerprint density at radius 1 is 1.38 bits per heavy atom. The molecular weight excluding hydrogens is 284 g/mol. The predicted octanol–water partition coefficient (Wildman–Crippen LogP) is 2.33. The Hall–Kier alpha value is -1.95. The second kappa shape index (κ2) is 7.17. The maximum absolute atomic E-state index is 12.1. The van der Waals surface area contributed by atoms with Gasteiger partial charge < -0.3 is 11.1 Å². The Bertz CT molecular complexity index is 594. The van der Waals surface area contributed by atoms with Crippen LogP contribution in [-0.4, -0.2) is 33.2 Å². The van der Waals surface area contributed by atoms with Crippen LogP contribution in [0.25, 0.3) is 5.69 Å². The summed E-state index contributed by atoms with van der Waals surface area (Å²) >= 11 is 1.80. The molecule has 21 heavy (non-hydrogen) atoms. The minimum Gasteiger partial charge on any atom is -0.399 e. The van der Waals surface area contributed by atoms with E-state index in [2.05, 4.69) is 17.3 Å². The average Bonchev–Trinajstić information content (AvgIpc) is 2.96. The first kappa shape index (κ1) is 15.4. The van der Waals surface area contributed by atoms with E-state index in [4.69, 9.17) is 5.73 Å². The number of thioether (sulfide) groups is 1. The highest BCUT2D eigenvalue weighted by atomic mass is 32.2. The van der Waals surface area contributed by atoms with E-state index in [1.807, 2.05) is 19.1 Å². The normalized spacial score (nSPS) is 12.1. The summed E-state index contributed by atoms with van der Waals surface area (Å²) in [6.45, 7) is 4.10. The monoisotopic (exact) mass is 304 g/mol. The Morgan fingerprint density at radius 2 is 2.10 bits per heavy atom. The van der Waals surface area contributed by atoms with Crippen LogP contribution >= 0.6 is 11.8 Å². The van der Waals surface area contributed by atoms with Crippen molar-refractivity contribution < 1.29 is 4.79 Å². The van der Waals surface area contributed by atoms with Gasteiger partial charge in [0.05, 0.1) is 5.69 Å². The highest BCUT2D eigenvalue weighted by Crippen LogP contribution is 2.11. The molecule has 5 nitrogen and oxygen atoms in total. The molecule has 0 spiro atoms. The Morgan fingerprint density at radius 3 is 2.76 bits per heavy atom. The number of benzene rings is 1. The molecule has 0 fully saturated rings. The van der Waals surface area contributed by atoms with E-state index >= 15 is 0 Å². The van der Waals surface area contributed by atoms with Gasteiger partial charge in [-0.1, -0.05) is 6.92 Å². The first-order valence-corrected chi connectivity index (χ1v) is 8.06. The van der Waals surface area contributed by atoms with Gasteiger partial charge in [0.1, 0.15) is 0 Å². The van der Waals surface area contributed by atoms with Gasteiger partial charge >= 0.3 is 0 Å². The summed E-state index contributed by atoms with van der Waals surface area (Å²) in [7, 11) is 0. The zero-order chi connectivity index (χ0) is 15.2. The third-order valence-electron chi connectivity index (χ3n) is 2.93. The van der Waals surface area contributed by atoms with Crippen LogP contribution in [0, 0.1) is 0 Å². The second-order valence-corrected chi connectivity index (χ2v) is 6.09. The SMILES string of the molecule is CCSCC(C)NC(=O)c1ccn(-c2ccc(N)cc2)n1. The summed E-state index contributed by atoms with van der Waals surface area (Å²) in [5.74, 6) is 1.81. The van der Waals surface area contributed by atoms with Crippen LogP contribution in [0.15, 0.2) is 36.5 Å². The second-order valence-electron chi connectivity index (χ2n) is 4.77. The highest BCUT2D eigenvalue weighted by molar-refractivity contribution is 7.99. The van der Waals surface area contributed by atoms with Gasteiger partial charge in [0.15, 0.2) is 5.69 Å². The molecule has 0 aliphatic carbocycles. The molecule has 1 amide bonds. The van der Waals surface area contributed by atoms with Gasteiger partial charge in [0.25, 0.3) is 5.91 Å². The van der Waals surface area contributed by atoms with E-state index in [1.54, 1.807) is 40.8 Å². The number of amides is 1. The van der Waals surface area contributed by atoms with Crippen LogP contribution in [0.2, 0.25) is 0 Å². The van der Waals surface area contributed by atoms with Crippen molar-refractivity contribution in [2.75, 3.05) is 17.2 Å². The molecule has 0 saturated heterocycles. The van der Waals surface area contributed by atoms with E-state index in [1.165, 1.54) is 0 Å². The molecule has 0 aliphatic rings. The minimum atomic E-state index is -0.145. The van der Waals surface area contributed by atoms with Crippen molar-refractivity contribution in [3.63, 3.8) is 0 Å². The van der Waals surface area contributed by atoms with Gasteiger partial charge in [-0.25, -0.2) is 4.68 Å². The maximum Gasteiger partial charge on any atom is 0.272 e. The molecule has 1 aromatic carbocycles. The molecule has 0 saturated carbocycles. The van der Waals surface area contributed by atoms with E-state index in [-0.39, 0.29) is 11.9 Å². The van der Waals surface area contributed by atoms with Crippen LogP contribution in [0.1, 0.15) is 24.3 Å². The Balaban J connectivity index is 2.02. The van der Waals surface area contributed by atoms with Crippen LogP contribution < -0.4 is 11.1 Å². The third-order valence-corrected chi connectivity index (χ3v) is 4.07. The summed E-state index contributed by atoms with van der Waals surface area (Å²) in [4.78, 5) is 12.1. The molecule has 1 unspecified atom stereocenters. The number of carbonyl (C=O) groups is 1. The van der Waals surface area contributed by atoms with Crippen molar-refractivity contribution in [2.24, 2.45) is 0 Å². The van der Waals surface area contributed by atoms with Gasteiger partial charge in [-0.15, -0.1) is 0 Å². The lowest BCUT2D eigenvalue weighted by molar-refractivity contribution is 0.0938. The quantitative estimate of drug-likeness (QED) is 0.803. The molecule has 0 radical (unpaired) electrons. The molecule has 0 aliphatic heterocycles. The average molecular weight is 304 g/mol.